The quantitative estimate of drug-likeness (QED) is 0.575. The number of rotatable bonds is 10. The summed E-state index contributed by atoms with van der Waals surface area (Å²) in [7, 11) is 1.74. The van der Waals surface area contributed by atoms with Crippen LogP contribution in [-0.2, 0) is 11.2 Å². The van der Waals surface area contributed by atoms with Crippen LogP contribution in [0.15, 0.2) is 30.3 Å². The molecule has 24 heavy (non-hydrogen) atoms. The third-order valence-corrected chi connectivity index (χ3v) is 5.15. The Morgan fingerprint density at radius 1 is 1.04 bits per heavy atom. The van der Waals surface area contributed by atoms with Crippen LogP contribution in [0.2, 0.25) is 0 Å². The maximum absolute atomic E-state index is 6.48. The fourth-order valence-electron chi connectivity index (χ4n) is 3.70. The summed E-state index contributed by atoms with van der Waals surface area (Å²) >= 11 is 0. The molecular weight excluding hydrogens is 294 g/mol. The van der Waals surface area contributed by atoms with Crippen LogP contribution < -0.4 is 5.73 Å². The van der Waals surface area contributed by atoms with Crippen LogP contribution in [0.4, 0.5) is 0 Å². The van der Waals surface area contributed by atoms with Crippen LogP contribution in [0, 0.1) is 0 Å². The zero-order valence-electron chi connectivity index (χ0n) is 15.7. The number of aryl methyl sites for hydroxylation is 1. The van der Waals surface area contributed by atoms with E-state index in [1.165, 1.54) is 61.6 Å². The van der Waals surface area contributed by atoms with Gasteiger partial charge in [-0.3, -0.25) is 0 Å². The van der Waals surface area contributed by atoms with Gasteiger partial charge in [0.2, 0.25) is 0 Å². The molecule has 0 aliphatic heterocycles. The summed E-state index contributed by atoms with van der Waals surface area (Å²) in [4.78, 5) is 0. The van der Waals surface area contributed by atoms with Crippen LogP contribution in [0.1, 0.15) is 75.8 Å². The Morgan fingerprint density at radius 3 is 2.46 bits per heavy atom. The highest BCUT2D eigenvalue weighted by Gasteiger charge is 2.29. The van der Waals surface area contributed by atoms with Gasteiger partial charge in [-0.1, -0.05) is 69.4 Å². The Kier molecular flexibility index (Phi) is 8.01. The van der Waals surface area contributed by atoms with E-state index in [4.69, 9.17) is 10.5 Å². The third kappa shape index (κ3) is 6.07. The summed E-state index contributed by atoms with van der Waals surface area (Å²) in [5, 5.41) is 0. The van der Waals surface area contributed by atoms with Crippen LogP contribution in [0.5, 0.6) is 0 Å². The van der Waals surface area contributed by atoms with Crippen molar-refractivity contribution in [2.45, 2.75) is 76.7 Å². The van der Waals surface area contributed by atoms with Crippen molar-refractivity contribution in [2.75, 3.05) is 13.7 Å². The van der Waals surface area contributed by atoms with Crippen molar-refractivity contribution in [1.82, 2.24) is 0 Å². The Balaban J connectivity index is 1.82. The maximum atomic E-state index is 6.48. The van der Waals surface area contributed by atoms with E-state index >= 15 is 0 Å². The third-order valence-electron chi connectivity index (χ3n) is 5.15. The molecule has 134 valence electrons. The SMILES string of the molecule is CCCCCCCCc1ccc(C2=CCCC(N)(COC)C2)cc1. The number of allylic oxidation sites excluding steroid dienone is 1. The Hall–Kier alpha value is -1.12. The first-order valence-corrected chi connectivity index (χ1v) is 9.73. The fraction of sp³-hybridized carbons (Fsp3) is 0.636. The fourth-order valence-corrected chi connectivity index (χ4v) is 3.70. The average Bonchev–Trinajstić information content (AvgIpc) is 2.58. The number of hydrogen-bond acceptors (Lipinski definition) is 2. The van der Waals surface area contributed by atoms with Gasteiger partial charge in [0.1, 0.15) is 0 Å². The van der Waals surface area contributed by atoms with Gasteiger partial charge in [-0.2, -0.15) is 0 Å². The van der Waals surface area contributed by atoms with E-state index in [0.717, 1.165) is 19.3 Å². The lowest BCUT2D eigenvalue weighted by Crippen LogP contribution is -2.45. The molecule has 0 fully saturated rings. The van der Waals surface area contributed by atoms with Gasteiger partial charge in [-0.15, -0.1) is 0 Å². The Bertz CT molecular complexity index is 505. The zero-order valence-corrected chi connectivity index (χ0v) is 15.7. The molecule has 0 spiro atoms. The second kappa shape index (κ2) is 10.0. The van der Waals surface area contributed by atoms with Crippen LogP contribution in [0.3, 0.4) is 0 Å². The monoisotopic (exact) mass is 329 g/mol. The van der Waals surface area contributed by atoms with E-state index in [1.54, 1.807) is 7.11 Å². The Labute approximate surface area is 148 Å². The molecule has 0 saturated heterocycles. The summed E-state index contributed by atoms with van der Waals surface area (Å²) in [6.45, 7) is 2.91. The highest BCUT2D eigenvalue weighted by molar-refractivity contribution is 5.67. The van der Waals surface area contributed by atoms with Crippen molar-refractivity contribution in [3.05, 3.63) is 41.5 Å². The number of benzene rings is 1. The molecule has 1 aromatic carbocycles. The standard InChI is InChI=1S/C22H35NO/c1-3-4-5-6-7-8-10-19-12-14-20(15-13-19)21-11-9-16-22(23,17-21)18-24-2/h11-15H,3-10,16-18,23H2,1-2H3. The second-order valence-electron chi connectivity index (χ2n) is 7.45. The predicted molar refractivity (Wildman–Crippen MR) is 104 cm³/mol. The van der Waals surface area contributed by atoms with Gasteiger partial charge < -0.3 is 10.5 Å². The number of unbranched alkanes of at least 4 members (excludes halogenated alkanes) is 5. The van der Waals surface area contributed by atoms with Gasteiger partial charge in [-0.25, -0.2) is 0 Å². The molecule has 2 rings (SSSR count). The lowest BCUT2D eigenvalue weighted by Gasteiger charge is -2.33. The van der Waals surface area contributed by atoms with E-state index < -0.39 is 0 Å². The molecule has 2 N–H and O–H groups in total. The highest BCUT2D eigenvalue weighted by atomic mass is 16.5. The summed E-state index contributed by atoms with van der Waals surface area (Å²) in [5.74, 6) is 0. The van der Waals surface area contributed by atoms with Gasteiger partial charge >= 0.3 is 0 Å². The maximum Gasteiger partial charge on any atom is 0.0645 e. The van der Waals surface area contributed by atoms with Crippen molar-refractivity contribution in [3.8, 4) is 0 Å². The van der Waals surface area contributed by atoms with Crippen molar-refractivity contribution in [2.24, 2.45) is 5.73 Å². The first-order chi connectivity index (χ1) is 11.7. The van der Waals surface area contributed by atoms with E-state index in [2.05, 4.69) is 37.3 Å². The molecular formula is C22H35NO. The molecule has 1 aromatic rings. The van der Waals surface area contributed by atoms with Crippen molar-refractivity contribution in [1.29, 1.82) is 0 Å². The van der Waals surface area contributed by atoms with Crippen molar-refractivity contribution in [3.63, 3.8) is 0 Å². The van der Waals surface area contributed by atoms with Gasteiger partial charge in [0, 0.05) is 12.6 Å². The van der Waals surface area contributed by atoms with Gasteiger partial charge in [0.25, 0.3) is 0 Å². The lowest BCUT2D eigenvalue weighted by atomic mass is 9.80. The largest absolute Gasteiger partial charge is 0.383 e. The topological polar surface area (TPSA) is 35.2 Å². The molecule has 1 aliphatic carbocycles. The van der Waals surface area contributed by atoms with Crippen LogP contribution >= 0.6 is 0 Å². The summed E-state index contributed by atoms with van der Waals surface area (Å²) in [6.07, 6.45) is 14.7. The number of nitrogens with two attached hydrogens (primary N) is 1. The minimum Gasteiger partial charge on any atom is -0.383 e. The number of methoxy groups -OCH3 is 1. The van der Waals surface area contributed by atoms with E-state index in [-0.39, 0.29) is 5.54 Å². The molecule has 2 heteroatoms. The highest BCUT2D eigenvalue weighted by Crippen LogP contribution is 2.32. The molecule has 1 aliphatic rings. The average molecular weight is 330 g/mol. The minimum absolute atomic E-state index is 0.198. The van der Waals surface area contributed by atoms with Gasteiger partial charge in [-0.05, 0) is 48.8 Å². The lowest BCUT2D eigenvalue weighted by molar-refractivity contribution is 0.128. The summed E-state index contributed by atoms with van der Waals surface area (Å²) in [5.41, 5.74) is 10.4. The molecule has 0 radical (unpaired) electrons. The molecule has 2 nitrogen and oxygen atoms in total. The molecule has 1 unspecified atom stereocenters. The zero-order chi connectivity index (χ0) is 17.3. The van der Waals surface area contributed by atoms with Gasteiger partial charge in [0.05, 0.1) is 6.61 Å². The van der Waals surface area contributed by atoms with Crippen LogP contribution in [-0.4, -0.2) is 19.3 Å². The number of hydrogen-bond donors (Lipinski definition) is 1. The molecule has 0 heterocycles. The molecule has 0 bridgehead atoms. The first kappa shape index (κ1) is 19.2. The van der Waals surface area contributed by atoms with Gasteiger partial charge in [0.15, 0.2) is 0 Å². The predicted octanol–water partition coefficient (Wildman–Crippen LogP) is 5.50. The number of ether oxygens (including phenoxy) is 1. The van der Waals surface area contributed by atoms with E-state index in [9.17, 15) is 0 Å². The molecule has 0 amide bonds. The van der Waals surface area contributed by atoms with Crippen molar-refractivity contribution < 1.29 is 4.74 Å². The minimum atomic E-state index is -0.198. The smallest absolute Gasteiger partial charge is 0.0645 e. The van der Waals surface area contributed by atoms with Crippen LogP contribution in [0.25, 0.3) is 5.57 Å². The molecule has 1 atom stereocenters. The normalized spacial score (nSPS) is 20.9. The summed E-state index contributed by atoms with van der Waals surface area (Å²) < 4.78 is 5.31. The summed E-state index contributed by atoms with van der Waals surface area (Å²) in [6, 6.07) is 9.14. The molecule has 0 aromatic heterocycles. The van der Waals surface area contributed by atoms with E-state index in [0.29, 0.717) is 6.61 Å². The second-order valence-corrected chi connectivity index (χ2v) is 7.45. The van der Waals surface area contributed by atoms with E-state index in [1.807, 2.05) is 0 Å². The molecule has 0 saturated carbocycles. The Morgan fingerprint density at radius 2 is 1.75 bits per heavy atom. The van der Waals surface area contributed by atoms with Crippen molar-refractivity contribution >= 4 is 5.57 Å². The first-order valence-electron chi connectivity index (χ1n) is 9.73.